The summed E-state index contributed by atoms with van der Waals surface area (Å²) in [5.41, 5.74) is -2.84. The number of imidazole rings is 1. The maximum absolute atomic E-state index is 12.6. The highest BCUT2D eigenvalue weighted by Gasteiger charge is 2.57. The van der Waals surface area contributed by atoms with Gasteiger partial charge in [-0.1, -0.05) is 0 Å². The number of nitrogens with one attached hydrogen (secondary N) is 3. The predicted molar refractivity (Wildman–Crippen MR) is 121 cm³/mol. The molecule has 6 N–H and O–H groups in total. The van der Waals surface area contributed by atoms with Gasteiger partial charge in [-0.15, -0.1) is 0 Å². The number of rotatable bonds is 6. The van der Waals surface area contributed by atoms with Gasteiger partial charge in [0, 0.05) is 25.9 Å². The third-order valence-corrected chi connectivity index (χ3v) is 5.62. The van der Waals surface area contributed by atoms with Crippen LogP contribution in [0, 0.1) is 6.92 Å². The van der Waals surface area contributed by atoms with Crippen LogP contribution in [-0.4, -0.2) is 89.3 Å². The van der Waals surface area contributed by atoms with Crippen LogP contribution < -0.4 is 21.5 Å². The van der Waals surface area contributed by atoms with Gasteiger partial charge in [0.05, 0.1) is 18.5 Å². The first-order valence-corrected chi connectivity index (χ1v) is 10.4. The first-order valence-electron chi connectivity index (χ1n) is 10.4. The standard InChI is InChI=1S/C20H24N8O7/c1-9-10(17(32)25-19(33)24-9)4-5-12(30)26-20(34)11(6-29)35-18(14(20)31)28-8-23-13-15(27(2)3)21-7-22-16(13)28/h4-5,7-8,11,14,18,29,31,34H,6H2,1-3H3,(H,26,30)(H2,24,25,32,33)/b5-4+/t11-,14+,18-,20-/m1/s1. The van der Waals surface area contributed by atoms with Gasteiger partial charge in [-0.25, -0.2) is 19.7 Å². The maximum atomic E-state index is 12.6. The number of aliphatic hydroxyl groups excluding tert-OH is 2. The zero-order chi connectivity index (χ0) is 25.5. The lowest BCUT2D eigenvalue weighted by molar-refractivity contribution is -0.141. The van der Waals surface area contributed by atoms with Crippen molar-refractivity contribution >= 4 is 29.0 Å². The first-order chi connectivity index (χ1) is 16.6. The summed E-state index contributed by atoms with van der Waals surface area (Å²) in [6, 6.07) is 0. The Balaban J connectivity index is 1.61. The Morgan fingerprint density at radius 2 is 2.06 bits per heavy atom. The van der Waals surface area contributed by atoms with Crippen molar-refractivity contribution < 1.29 is 24.9 Å². The summed E-state index contributed by atoms with van der Waals surface area (Å²) in [6.07, 6.45) is 0.301. The van der Waals surface area contributed by atoms with Gasteiger partial charge >= 0.3 is 5.69 Å². The maximum Gasteiger partial charge on any atom is 0.325 e. The van der Waals surface area contributed by atoms with Crippen LogP contribution in [0.25, 0.3) is 17.2 Å². The van der Waals surface area contributed by atoms with E-state index in [9.17, 15) is 29.7 Å². The molecule has 3 aromatic rings. The molecule has 0 bridgehead atoms. The van der Waals surface area contributed by atoms with Crippen LogP contribution >= 0.6 is 0 Å². The fourth-order valence-corrected chi connectivity index (χ4v) is 3.87. The molecule has 1 amide bonds. The third-order valence-electron chi connectivity index (χ3n) is 5.62. The van der Waals surface area contributed by atoms with Crippen molar-refractivity contribution in [1.29, 1.82) is 0 Å². The van der Waals surface area contributed by atoms with Crippen LogP contribution in [0.5, 0.6) is 0 Å². The van der Waals surface area contributed by atoms with Crippen molar-refractivity contribution in [3.8, 4) is 0 Å². The fraction of sp³-hybridized carbons (Fsp3) is 0.400. The Morgan fingerprint density at radius 1 is 1.31 bits per heavy atom. The molecule has 1 aliphatic rings. The van der Waals surface area contributed by atoms with Crippen molar-refractivity contribution in [3.63, 3.8) is 0 Å². The lowest BCUT2D eigenvalue weighted by Gasteiger charge is -2.30. The van der Waals surface area contributed by atoms with Gasteiger partial charge in [0.15, 0.2) is 28.9 Å². The Hall–Kier alpha value is -3.92. The third kappa shape index (κ3) is 4.21. The number of carbonyl (C=O) groups excluding carboxylic acids is 1. The molecule has 0 saturated carbocycles. The Morgan fingerprint density at radius 3 is 2.71 bits per heavy atom. The number of fused-ring (bicyclic) bond motifs is 1. The van der Waals surface area contributed by atoms with E-state index < -0.39 is 47.9 Å². The summed E-state index contributed by atoms with van der Waals surface area (Å²) in [6.45, 7) is 0.737. The molecule has 0 aromatic carbocycles. The van der Waals surface area contributed by atoms with Gasteiger partial charge in [0.25, 0.3) is 5.56 Å². The molecule has 1 fully saturated rings. The largest absolute Gasteiger partial charge is 0.393 e. The molecular formula is C20H24N8O7. The van der Waals surface area contributed by atoms with Crippen LogP contribution in [-0.2, 0) is 9.53 Å². The van der Waals surface area contributed by atoms with Crippen molar-refractivity contribution in [2.75, 3.05) is 25.6 Å². The molecule has 15 heteroatoms. The van der Waals surface area contributed by atoms with Crippen LogP contribution in [0.1, 0.15) is 17.5 Å². The molecule has 0 spiro atoms. The number of carbonyl (C=O) groups is 1. The van der Waals surface area contributed by atoms with E-state index in [1.807, 2.05) is 4.98 Å². The van der Waals surface area contributed by atoms with E-state index in [2.05, 4.69) is 25.3 Å². The molecule has 1 saturated heterocycles. The minimum atomic E-state index is -2.40. The summed E-state index contributed by atoms with van der Waals surface area (Å²) in [4.78, 5) is 54.6. The molecule has 0 radical (unpaired) electrons. The monoisotopic (exact) mass is 488 g/mol. The average molecular weight is 488 g/mol. The predicted octanol–water partition coefficient (Wildman–Crippen LogP) is -2.65. The molecule has 1 aliphatic heterocycles. The van der Waals surface area contributed by atoms with Crippen LogP contribution in [0.15, 0.2) is 28.3 Å². The number of anilines is 1. The number of H-pyrrole nitrogens is 2. The molecule has 4 heterocycles. The highest BCUT2D eigenvalue weighted by atomic mass is 16.6. The van der Waals surface area contributed by atoms with Crippen molar-refractivity contribution in [2.45, 2.75) is 31.1 Å². The van der Waals surface area contributed by atoms with Crippen LogP contribution in [0.2, 0.25) is 0 Å². The van der Waals surface area contributed by atoms with Crippen LogP contribution in [0.3, 0.4) is 0 Å². The fourth-order valence-electron chi connectivity index (χ4n) is 3.87. The number of hydrogen-bond acceptors (Lipinski definition) is 11. The van der Waals surface area contributed by atoms with Gasteiger partial charge in [0.1, 0.15) is 18.5 Å². The molecule has 0 aliphatic carbocycles. The molecule has 4 rings (SSSR count). The normalized spacial score (nSPS) is 24.3. The number of nitrogens with zero attached hydrogens (tertiary/aromatic N) is 5. The number of aromatic nitrogens is 6. The highest BCUT2D eigenvalue weighted by Crippen LogP contribution is 2.37. The summed E-state index contributed by atoms with van der Waals surface area (Å²) in [7, 11) is 3.54. The molecule has 15 nitrogen and oxygen atoms in total. The number of aliphatic hydroxyl groups is 3. The molecule has 186 valence electrons. The first kappa shape index (κ1) is 24.2. The SMILES string of the molecule is Cc1[nH]c(=O)[nH]c(=O)c1/C=C/C(=O)N[C@@]1(O)[C@@H](CO)O[C@@H](n2cnc3c(N(C)C)ncnc32)[C@@H]1O. The van der Waals surface area contributed by atoms with E-state index in [1.54, 1.807) is 19.0 Å². The second-order valence-electron chi connectivity index (χ2n) is 8.15. The number of amides is 1. The topological polar surface area (TPSA) is 212 Å². The summed E-state index contributed by atoms with van der Waals surface area (Å²) in [5.74, 6) is -0.381. The highest BCUT2D eigenvalue weighted by molar-refractivity contribution is 5.92. The number of aryl methyl sites for hydroxylation is 1. The molecular weight excluding hydrogens is 464 g/mol. The quantitative estimate of drug-likeness (QED) is 0.156. The van der Waals surface area contributed by atoms with Crippen LogP contribution in [0.4, 0.5) is 5.82 Å². The summed E-state index contributed by atoms with van der Waals surface area (Å²) < 4.78 is 7.03. The van der Waals surface area contributed by atoms with Gasteiger partial charge < -0.3 is 35.3 Å². The number of ether oxygens (including phenoxy) is 1. The Bertz CT molecular complexity index is 1410. The molecule has 4 atom stereocenters. The van der Waals surface area contributed by atoms with E-state index in [1.165, 1.54) is 24.1 Å². The number of hydrogen-bond donors (Lipinski definition) is 6. The summed E-state index contributed by atoms with van der Waals surface area (Å²) in [5, 5.41) is 34.1. The molecule has 3 aromatic heterocycles. The molecule has 35 heavy (non-hydrogen) atoms. The van der Waals surface area contributed by atoms with E-state index in [-0.39, 0.29) is 11.3 Å². The van der Waals surface area contributed by atoms with Gasteiger partial charge in [0.2, 0.25) is 5.91 Å². The van der Waals surface area contributed by atoms with Gasteiger partial charge in [-0.3, -0.25) is 19.1 Å². The van der Waals surface area contributed by atoms with Gasteiger partial charge in [-0.05, 0) is 13.0 Å². The zero-order valence-electron chi connectivity index (χ0n) is 19.0. The number of aromatic amines is 2. The average Bonchev–Trinajstić information content (AvgIpc) is 3.31. The van der Waals surface area contributed by atoms with E-state index in [0.717, 1.165) is 12.2 Å². The minimum Gasteiger partial charge on any atom is -0.393 e. The lowest BCUT2D eigenvalue weighted by Crippen LogP contribution is -2.61. The van der Waals surface area contributed by atoms with E-state index in [4.69, 9.17) is 4.74 Å². The van der Waals surface area contributed by atoms with Crippen molar-refractivity contribution in [2.24, 2.45) is 0 Å². The van der Waals surface area contributed by atoms with E-state index in [0.29, 0.717) is 17.0 Å². The Kier molecular flexibility index (Phi) is 6.25. The van der Waals surface area contributed by atoms with Crippen molar-refractivity contribution in [1.82, 2.24) is 34.8 Å². The second kappa shape index (κ2) is 9.03. The smallest absolute Gasteiger partial charge is 0.325 e. The molecule has 0 unspecified atom stereocenters. The van der Waals surface area contributed by atoms with Crippen molar-refractivity contribution in [3.05, 3.63) is 50.8 Å². The zero-order valence-corrected chi connectivity index (χ0v) is 19.0. The van der Waals surface area contributed by atoms with E-state index >= 15 is 0 Å². The minimum absolute atomic E-state index is 0.0211. The second-order valence-corrected chi connectivity index (χ2v) is 8.15. The lowest BCUT2D eigenvalue weighted by atomic mass is 10.0. The Labute approximate surface area is 196 Å². The van der Waals surface area contributed by atoms with Gasteiger partial charge in [-0.2, -0.15) is 0 Å². The summed E-state index contributed by atoms with van der Waals surface area (Å²) >= 11 is 0.